The minimum Gasteiger partial charge on any atom is -0.340 e. The Balaban J connectivity index is 1.69. The molecule has 1 aliphatic heterocycles. The van der Waals surface area contributed by atoms with E-state index in [0.717, 1.165) is 44.6 Å². The molecule has 0 aromatic heterocycles. The Morgan fingerprint density at radius 1 is 1.08 bits per heavy atom. The van der Waals surface area contributed by atoms with Crippen LogP contribution < -0.4 is 0 Å². The Hall–Kier alpha value is -1.88. The zero-order valence-corrected chi connectivity index (χ0v) is 16.1. The van der Waals surface area contributed by atoms with Crippen molar-refractivity contribution in [2.24, 2.45) is 5.92 Å². The van der Waals surface area contributed by atoms with Gasteiger partial charge in [-0.05, 0) is 24.3 Å². The zero-order chi connectivity index (χ0) is 18.5. The van der Waals surface area contributed by atoms with Crippen LogP contribution in [-0.2, 0) is 16.1 Å². The molecule has 0 spiro atoms. The van der Waals surface area contributed by atoms with E-state index in [9.17, 15) is 9.59 Å². The average molecular weight is 357 g/mol. The van der Waals surface area contributed by atoms with E-state index in [1.807, 2.05) is 35.0 Å². The van der Waals surface area contributed by atoms with Crippen molar-refractivity contribution >= 4 is 11.8 Å². The number of hydrogen-bond donors (Lipinski definition) is 0. The predicted molar refractivity (Wildman–Crippen MR) is 102 cm³/mol. The Labute approximate surface area is 156 Å². The molecule has 142 valence electrons. The molecule has 1 saturated carbocycles. The first-order chi connectivity index (χ1) is 12.6. The summed E-state index contributed by atoms with van der Waals surface area (Å²) in [6, 6.07) is 10.1. The smallest absolute Gasteiger partial charge is 0.240 e. The molecule has 2 aliphatic rings. The number of rotatable bonds is 5. The van der Waals surface area contributed by atoms with Gasteiger partial charge in [-0.1, -0.05) is 43.2 Å². The van der Waals surface area contributed by atoms with Crippen LogP contribution >= 0.6 is 0 Å². The number of benzene rings is 1. The largest absolute Gasteiger partial charge is 0.340 e. The fourth-order valence-corrected chi connectivity index (χ4v) is 4.41. The number of hydrogen-bond acceptors (Lipinski definition) is 3. The van der Waals surface area contributed by atoms with Crippen molar-refractivity contribution in [3.8, 4) is 0 Å². The maximum Gasteiger partial charge on any atom is 0.240 e. The van der Waals surface area contributed by atoms with Gasteiger partial charge in [0, 0.05) is 46.7 Å². The van der Waals surface area contributed by atoms with Crippen LogP contribution in [0.15, 0.2) is 30.3 Å². The predicted octanol–water partition coefficient (Wildman–Crippen LogP) is 2.37. The third kappa shape index (κ3) is 4.44. The lowest BCUT2D eigenvalue weighted by Gasteiger charge is -2.41. The summed E-state index contributed by atoms with van der Waals surface area (Å²) >= 11 is 0. The van der Waals surface area contributed by atoms with Gasteiger partial charge < -0.3 is 9.80 Å². The number of likely N-dealkylation sites (N-methyl/N-ethyl adjacent to an activating group) is 1. The molecule has 0 radical (unpaired) electrons. The van der Waals surface area contributed by atoms with Gasteiger partial charge in [-0.3, -0.25) is 14.5 Å². The van der Waals surface area contributed by atoms with Crippen LogP contribution in [0.4, 0.5) is 0 Å². The molecule has 5 nitrogen and oxygen atoms in total. The van der Waals surface area contributed by atoms with Gasteiger partial charge in [0.15, 0.2) is 0 Å². The number of amides is 2. The van der Waals surface area contributed by atoms with Crippen molar-refractivity contribution in [1.82, 2.24) is 14.7 Å². The van der Waals surface area contributed by atoms with Gasteiger partial charge in [0.25, 0.3) is 0 Å². The van der Waals surface area contributed by atoms with Crippen LogP contribution in [0.3, 0.4) is 0 Å². The molecule has 2 amide bonds. The highest BCUT2D eigenvalue weighted by atomic mass is 16.2. The Bertz CT molecular complexity index is 605. The Morgan fingerprint density at radius 2 is 1.69 bits per heavy atom. The van der Waals surface area contributed by atoms with Crippen molar-refractivity contribution in [3.05, 3.63) is 35.9 Å². The molecule has 2 fully saturated rings. The number of carbonyl (C=O) groups excluding carboxylic acids is 2. The van der Waals surface area contributed by atoms with E-state index in [-0.39, 0.29) is 17.9 Å². The zero-order valence-electron chi connectivity index (χ0n) is 16.1. The molecule has 1 aromatic rings. The second kappa shape index (κ2) is 8.67. The molecule has 1 aromatic carbocycles. The monoisotopic (exact) mass is 357 g/mol. The first-order valence-corrected chi connectivity index (χ1v) is 9.84. The fraction of sp³-hybridized carbons (Fsp3) is 0.619. The standard InChI is InChI=1S/C21H31N3O2/c1-17(25)23-12-14-24(15-13-23)20(19-10-6-7-11-19)21(26)22(2)16-18-8-4-3-5-9-18/h3-5,8-9,19-20H,6-7,10-16H2,1-2H3. The van der Waals surface area contributed by atoms with Crippen molar-refractivity contribution in [3.63, 3.8) is 0 Å². The first kappa shape index (κ1) is 18.9. The van der Waals surface area contributed by atoms with Crippen LogP contribution in [-0.4, -0.2) is 65.8 Å². The van der Waals surface area contributed by atoms with Gasteiger partial charge >= 0.3 is 0 Å². The van der Waals surface area contributed by atoms with Crippen molar-refractivity contribution in [1.29, 1.82) is 0 Å². The van der Waals surface area contributed by atoms with Crippen LogP contribution in [0.5, 0.6) is 0 Å². The van der Waals surface area contributed by atoms with Crippen LogP contribution in [0.1, 0.15) is 38.2 Å². The number of carbonyl (C=O) groups is 2. The number of piperazine rings is 1. The van der Waals surface area contributed by atoms with Gasteiger partial charge in [-0.15, -0.1) is 0 Å². The van der Waals surface area contributed by atoms with E-state index in [1.54, 1.807) is 6.92 Å². The second-order valence-corrected chi connectivity index (χ2v) is 7.71. The molecule has 1 saturated heterocycles. The van der Waals surface area contributed by atoms with E-state index < -0.39 is 0 Å². The summed E-state index contributed by atoms with van der Waals surface area (Å²) in [6.07, 6.45) is 4.74. The molecule has 3 rings (SSSR count). The van der Waals surface area contributed by atoms with Gasteiger partial charge in [-0.2, -0.15) is 0 Å². The van der Waals surface area contributed by atoms with E-state index in [0.29, 0.717) is 12.5 Å². The maximum absolute atomic E-state index is 13.4. The molecular weight excluding hydrogens is 326 g/mol. The molecule has 0 bridgehead atoms. The summed E-state index contributed by atoms with van der Waals surface area (Å²) < 4.78 is 0. The Morgan fingerprint density at radius 3 is 2.27 bits per heavy atom. The topological polar surface area (TPSA) is 43.9 Å². The molecule has 5 heteroatoms. The lowest BCUT2D eigenvalue weighted by molar-refractivity contribution is -0.140. The summed E-state index contributed by atoms with van der Waals surface area (Å²) in [6.45, 7) is 5.33. The maximum atomic E-state index is 13.4. The number of nitrogens with zero attached hydrogens (tertiary/aromatic N) is 3. The lowest BCUT2D eigenvalue weighted by atomic mass is 9.94. The fourth-order valence-electron chi connectivity index (χ4n) is 4.41. The van der Waals surface area contributed by atoms with E-state index in [4.69, 9.17) is 0 Å². The third-order valence-electron chi connectivity index (χ3n) is 5.89. The minimum atomic E-state index is -0.0414. The summed E-state index contributed by atoms with van der Waals surface area (Å²) in [5.74, 6) is 0.816. The summed E-state index contributed by atoms with van der Waals surface area (Å²) in [7, 11) is 1.92. The highest BCUT2D eigenvalue weighted by Crippen LogP contribution is 2.32. The van der Waals surface area contributed by atoms with Crippen molar-refractivity contribution in [2.75, 3.05) is 33.2 Å². The van der Waals surface area contributed by atoms with Gasteiger partial charge in [0.1, 0.15) is 0 Å². The molecule has 1 unspecified atom stereocenters. The van der Waals surface area contributed by atoms with Crippen LogP contribution in [0.2, 0.25) is 0 Å². The lowest BCUT2D eigenvalue weighted by Crippen LogP contribution is -2.57. The van der Waals surface area contributed by atoms with Crippen molar-refractivity contribution < 1.29 is 9.59 Å². The minimum absolute atomic E-state index is 0.0414. The van der Waals surface area contributed by atoms with E-state index in [1.165, 1.54) is 12.8 Å². The highest BCUT2D eigenvalue weighted by Gasteiger charge is 2.38. The van der Waals surface area contributed by atoms with Gasteiger partial charge in [0.05, 0.1) is 6.04 Å². The summed E-state index contributed by atoms with van der Waals surface area (Å²) in [4.78, 5) is 31.1. The molecule has 1 heterocycles. The molecule has 0 N–H and O–H groups in total. The summed E-state index contributed by atoms with van der Waals surface area (Å²) in [5.41, 5.74) is 1.16. The molecular formula is C21H31N3O2. The quantitative estimate of drug-likeness (QED) is 0.813. The van der Waals surface area contributed by atoms with Crippen molar-refractivity contribution in [2.45, 2.75) is 45.2 Å². The van der Waals surface area contributed by atoms with Gasteiger partial charge in [0.2, 0.25) is 11.8 Å². The molecule has 1 atom stereocenters. The third-order valence-corrected chi connectivity index (χ3v) is 5.89. The van der Waals surface area contributed by atoms with Crippen LogP contribution in [0, 0.1) is 5.92 Å². The first-order valence-electron chi connectivity index (χ1n) is 9.84. The van der Waals surface area contributed by atoms with E-state index >= 15 is 0 Å². The van der Waals surface area contributed by atoms with E-state index in [2.05, 4.69) is 17.0 Å². The Kier molecular flexibility index (Phi) is 6.30. The summed E-state index contributed by atoms with van der Waals surface area (Å²) in [5, 5.41) is 0. The van der Waals surface area contributed by atoms with Gasteiger partial charge in [-0.25, -0.2) is 0 Å². The van der Waals surface area contributed by atoms with Crippen LogP contribution in [0.25, 0.3) is 0 Å². The second-order valence-electron chi connectivity index (χ2n) is 7.71. The average Bonchev–Trinajstić information content (AvgIpc) is 3.17. The molecule has 1 aliphatic carbocycles. The highest BCUT2D eigenvalue weighted by molar-refractivity contribution is 5.82. The SMILES string of the molecule is CC(=O)N1CCN(C(C(=O)N(C)Cc2ccccc2)C2CCCC2)CC1. The molecule has 26 heavy (non-hydrogen) atoms. The normalized spacial score (nSPS) is 20.2.